The standard InChI is InChI=1S/C17H24N2O3/c1-4-9-22-15-7-5-14(6-8-15)19-11-13(10-16(19)20)17(21)18-12(2)3/h5-8,12-13H,4,9-11H2,1-3H3,(H,18,21)/t13-/m1/s1. The van der Waals surface area contributed by atoms with Crippen LogP contribution in [0.5, 0.6) is 5.75 Å². The summed E-state index contributed by atoms with van der Waals surface area (Å²) in [6.07, 6.45) is 1.23. The number of anilines is 1. The van der Waals surface area contributed by atoms with Crippen LogP contribution in [-0.2, 0) is 9.59 Å². The molecule has 1 heterocycles. The Morgan fingerprint density at radius 2 is 2.05 bits per heavy atom. The third-order valence-corrected chi connectivity index (χ3v) is 3.55. The van der Waals surface area contributed by atoms with Crippen molar-refractivity contribution in [3.05, 3.63) is 24.3 Å². The Labute approximate surface area is 131 Å². The molecule has 0 aromatic heterocycles. The molecule has 5 nitrogen and oxygen atoms in total. The smallest absolute Gasteiger partial charge is 0.227 e. The number of ether oxygens (including phenoxy) is 1. The van der Waals surface area contributed by atoms with Gasteiger partial charge < -0.3 is 15.0 Å². The van der Waals surface area contributed by atoms with Gasteiger partial charge in [0.05, 0.1) is 12.5 Å². The molecule has 0 aliphatic carbocycles. The molecule has 5 heteroatoms. The number of benzene rings is 1. The minimum atomic E-state index is -0.272. The van der Waals surface area contributed by atoms with Crippen molar-refractivity contribution in [3.8, 4) is 5.75 Å². The summed E-state index contributed by atoms with van der Waals surface area (Å²) in [5, 5.41) is 2.87. The van der Waals surface area contributed by atoms with Crippen LogP contribution in [0.15, 0.2) is 24.3 Å². The molecular weight excluding hydrogens is 280 g/mol. The zero-order chi connectivity index (χ0) is 16.1. The molecule has 1 aromatic rings. The zero-order valence-corrected chi connectivity index (χ0v) is 13.5. The molecule has 0 unspecified atom stereocenters. The molecule has 0 spiro atoms. The number of rotatable bonds is 6. The summed E-state index contributed by atoms with van der Waals surface area (Å²) in [5.74, 6) is 0.470. The van der Waals surface area contributed by atoms with Gasteiger partial charge in [0.15, 0.2) is 0 Å². The molecule has 1 aliphatic heterocycles. The predicted octanol–water partition coefficient (Wildman–Crippen LogP) is 2.35. The van der Waals surface area contributed by atoms with E-state index in [-0.39, 0.29) is 30.2 Å². The van der Waals surface area contributed by atoms with Crippen molar-refractivity contribution in [1.82, 2.24) is 5.32 Å². The second-order valence-corrected chi connectivity index (χ2v) is 5.91. The number of amides is 2. The maximum Gasteiger partial charge on any atom is 0.227 e. The van der Waals surface area contributed by atoms with Crippen LogP contribution in [0, 0.1) is 5.92 Å². The number of nitrogens with zero attached hydrogens (tertiary/aromatic N) is 1. The van der Waals surface area contributed by atoms with E-state index in [4.69, 9.17) is 4.74 Å². The van der Waals surface area contributed by atoms with E-state index in [9.17, 15) is 9.59 Å². The zero-order valence-electron chi connectivity index (χ0n) is 13.5. The molecule has 2 amide bonds. The highest BCUT2D eigenvalue weighted by Gasteiger charge is 2.35. The van der Waals surface area contributed by atoms with Gasteiger partial charge in [0.2, 0.25) is 11.8 Å². The lowest BCUT2D eigenvalue weighted by atomic mass is 10.1. The summed E-state index contributed by atoms with van der Waals surface area (Å²) in [4.78, 5) is 25.9. The van der Waals surface area contributed by atoms with Crippen LogP contribution in [-0.4, -0.2) is 31.0 Å². The lowest BCUT2D eigenvalue weighted by Gasteiger charge is -2.17. The number of nitrogens with one attached hydrogen (secondary N) is 1. The molecule has 2 rings (SSSR count). The third-order valence-electron chi connectivity index (χ3n) is 3.55. The number of hydrogen-bond donors (Lipinski definition) is 1. The SMILES string of the molecule is CCCOc1ccc(N2C[C@H](C(=O)NC(C)C)CC2=O)cc1. The first-order valence-electron chi connectivity index (χ1n) is 7.85. The first-order valence-corrected chi connectivity index (χ1v) is 7.85. The Morgan fingerprint density at radius 1 is 1.36 bits per heavy atom. The van der Waals surface area contributed by atoms with Crippen molar-refractivity contribution in [3.63, 3.8) is 0 Å². The maximum absolute atomic E-state index is 12.1. The maximum atomic E-state index is 12.1. The quantitative estimate of drug-likeness (QED) is 0.877. The van der Waals surface area contributed by atoms with Crippen LogP contribution < -0.4 is 15.0 Å². The summed E-state index contributed by atoms with van der Waals surface area (Å²) in [6.45, 7) is 7.01. The third kappa shape index (κ3) is 4.00. The van der Waals surface area contributed by atoms with E-state index in [1.165, 1.54) is 0 Å². The topological polar surface area (TPSA) is 58.6 Å². The fourth-order valence-corrected chi connectivity index (χ4v) is 2.48. The summed E-state index contributed by atoms with van der Waals surface area (Å²) in [5.41, 5.74) is 0.814. The number of carbonyl (C=O) groups excluding carboxylic acids is 2. The first-order chi connectivity index (χ1) is 10.5. The van der Waals surface area contributed by atoms with Crippen molar-refractivity contribution < 1.29 is 14.3 Å². The van der Waals surface area contributed by atoms with E-state index in [0.717, 1.165) is 17.9 Å². The highest BCUT2D eigenvalue weighted by Crippen LogP contribution is 2.27. The molecule has 1 aliphatic rings. The van der Waals surface area contributed by atoms with Crippen LogP contribution in [0.25, 0.3) is 0 Å². The number of hydrogen-bond acceptors (Lipinski definition) is 3. The monoisotopic (exact) mass is 304 g/mol. The summed E-state index contributed by atoms with van der Waals surface area (Å²) in [7, 11) is 0. The van der Waals surface area contributed by atoms with Crippen LogP contribution >= 0.6 is 0 Å². The summed E-state index contributed by atoms with van der Waals surface area (Å²) >= 11 is 0. The normalized spacial score (nSPS) is 17.9. The van der Waals surface area contributed by atoms with Crippen LogP contribution in [0.2, 0.25) is 0 Å². The van der Waals surface area contributed by atoms with Crippen LogP contribution in [0.1, 0.15) is 33.6 Å². The van der Waals surface area contributed by atoms with Gasteiger partial charge in [-0.3, -0.25) is 9.59 Å². The molecule has 22 heavy (non-hydrogen) atoms. The molecule has 1 fully saturated rings. The predicted molar refractivity (Wildman–Crippen MR) is 86.0 cm³/mol. The van der Waals surface area contributed by atoms with Gasteiger partial charge in [-0.25, -0.2) is 0 Å². The van der Waals surface area contributed by atoms with E-state index in [1.807, 2.05) is 38.1 Å². The lowest BCUT2D eigenvalue weighted by Crippen LogP contribution is -2.36. The minimum absolute atomic E-state index is 0.00821. The Balaban J connectivity index is 2.00. The van der Waals surface area contributed by atoms with E-state index in [0.29, 0.717) is 13.2 Å². The van der Waals surface area contributed by atoms with Crippen molar-refractivity contribution in [2.24, 2.45) is 5.92 Å². The Bertz CT molecular complexity index is 525. The Kier molecular flexibility index (Phi) is 5.41. The van der Waals surface area contributed by atoms with Gasteiger partial charge in [-0.2, -0.15) is 0 Å². The highest BCUT2D eigenvalue weighted by molar-refractivity contribution is 6.00. The molecule has 0 bridgehead atoms. The van der Waals surface area contributed by atoms with E-state index in [2.05, 4.69) is 12.2 Å². The first kappa shape index (κ1) is 16.3. The molecule has 120 valence electrons. The van der Waals surface area contributed by atoms with Gasteiger partial charge in [-0.05, 0) is 44.5 Å². The van der Waals surface area contributed by atoms with Gasteiger partial charge >= 0.3 is 0 Å². The highest BCUT2D eigenvalue weighted by atomic mass is 16.5. The van der Waals surface area contributed by atoms with Gasteiger partial charge in [0, 0.05) is 24.7 Å². The van der Waals surface area contributed by atoms with E-state index in [1.54, 1.807) is 4.90 Å². The Morgan fingerprint density at radius 3 is 2.64 bits per heavy atom. The van der Waals surface area contributed by atoms with Crippen LogP contribution in [0.4, 0.5) is 5.69 Å². The van der Waals surface area contributed by atoms with Gasteiger partial charge in [-0.15, -0.1) is 0 Å². The second-order valence-electron chi connectivity index (χ2n) is 5.91. The Hall–Kier alpha value is -2.04. The van der Waals surface area contributed by atoms with Gasteiger partial charge in [-0.1, -0.05) is 6.92 Å². The summed E-state index contributed by atoms with van der Waals surface area (Å²) < 4.78 is 5.54. The van der Waals surface area contributed by atoms with Crippen molar-refractivity contribution in [2.75, 3.05) is 18.1 Å². The fraction of sp³-hybridized carbons (Fsp3) is 0.529. The van der Waals surface area contributed by atoms with E-state index >= 15 is 0 Å². The summed E-state index contributed by atoms with van der Waals surface area (Å²) in [6, 6.07) is 7.54. The van der Waals surface area contributed by atoms with E-state index < -0.39 is 0 Å². The van der Waals surface area contributed by atoms with Gasteiger partial charge in [0.1, 0.15) is 5.75 Å². The van der Waals surface area contributed by atoms with Gasteiger partial charge in [0.25, 0.3) is 0 Å². The molecule has 1 atom stereocenters. The molecule has 1 N–H and O–H groups in total. The second kappa shape index (κ2) is 7.29. The molecule has 1 aromatic carbocycles. The molecular formula is C17H24N2O3. The average Bonchev–Trinajstić information content (AvgIpc) is 2.87. The number of carbonyl (C=O) groups is 2. The lowest BCUT2D eigenvalue weighted by molar-refractivity contribution is -0.126. The van der Waals surface area contributed by atoms with Crippen molar-refractivity contribution in [1.29, 1.82) is 0 Å². The largest absolute Gasteiger partial charge is 0.494 e. The van der Waals surface area contributed by atoms with Crippen molar-refractivity contribution in [2.45, 2.75) is 39.7 Å². The van der Waals surface area contributed by atoms with Crippen LogP contribution in [0.3, 0.4) is 0 Å². The van der Waals surface area contributed by atoms with Crippen molar-refractivity contribution >= 4 is 17.5 Å². The molecule has 1 saturated heterocycles. The fourth-order valence-electron chi connectivity index (χ4n) is 2.48. The minimum Gasteiger partial charge on any atom is -0.494 e. The average molecular weight is 304 g/mol. The molecule has 0 radical (unpaired) electrons. The molecule has 0 saturated carbocycles.